The van der Waals surface area contributed by atoms with Crippen LogP contribution in [0.2, 0.25) is 0 Å². The van der Waals surface area contributed by atoms with Gasteiger partial charge in [0.15, 0.2) is 0 Å². The summed E-state index contributed by atoms with van der Waals surface area (Å²) in [5, 5.41) is 28.5. The molecule has 0 heterocycles. The van der Waals surface area contributed by atoms with Crippen LogP contribution in [0.5, 0.6) is 0 Å². The van der Waals surface area contributed by atoms with Gasteiger partial charge >= 0.3 is 11.9 Å². The van der Waals surface area contributed by atoms with Crippen LogP contribution < -0.4 is 0 Å². The zero-order valence-electron chi connectivity index (χ0n) is 16.0. The van der Waals surface area contributed by atoms with Crippen molar-refractivity contribution < 1.29 is 29.6 Å². The molecule has 0 unspecified atom stereocenters. The Morgan fingerprint density at radius 2 is 2.04 bits per heavy atom. The number of carbonyl (C=O) groups is 2. The monoisotopic (exact) mass is 376 g/mol. The summed E-state index contributed by atoms with van der Waals surface area (Å²) in [4.78, 5) is 22.2. The van der Waals surface area contributed by atoms with E-state index in [-0.39, 0.29) is 18.5 Å². The van der Waals surface area contributed by atoms with Crippen LogP contribution in [0.1, 0.15) is 61.5 Å². The molecule has 2 rings (SSSR count). The number of benzene rings is 1. The second-order valence-corrected chi connectivity index (χ2v) is 7.43. The lowest BCUT2D eigenvalue weighted by molar-refractivity contribution is -0.148. The van der Waals surface area contributed by atoms with Crippen molar-refractivity contribution in [3.05, 3.63) is 40.5 Å². The number of carboxylic acid groups (broad SMARTS) is 1. The van der Waals surface area contributed by atoms with Gasteiger partial charge in [0.2, 0.25) is 0 Å². The molecule has 0 aromatic heterocycles. The van der Waals surface area contributed by atoms with Gasteiger partial charge < -0.3 is 20.1 Å². The summed E-state index contributed by atoms with van der Waals surface area (Å²) in [7, 11) is 0. The number of aliphatic hydroxyl groups excluding tert-OH is 2. The van der Waals surface area contributed by atoms with Crippen LogP contribution in [0.15, 0.2) is 18.2 Å². The summed E-state index contributed by atoms with van der Waals surface area (Å²) in [6.45, 7) is 5.48. The topological polar surface area (TPSA) is 104 Å². The first-order valence-corrected chi connectivity index (χ1v) is 9.23. The third-order valence-electron chi connectivity index (χ3n) is 4.82. The van der Waals surface area contributed by atoms with Gasteiger partial charge in [0.05, 0.1) is 18.6 Å². The maximum Gasteiger partial charge on any atom is 0.305 e. The van der Waals surface area contributed by atoms with Crippen LogP contribution in [0.4, 0.5) is 0 Å². The standard InChI is InChI=1S/C21H28O6/c1-12-8-15-5-4-13(2)18(21(15)19(9-12)27-14(3)22)7-6-16(23)10-17(24)11-20(25)26/h4-7,12,16-17,19,23-24H,8-11H2,1-3H3,(H,25,26)/b7-6+/t12-,16-,17-,19+/m1/s1. The molecular formula is C21H28O6. The molecule has 0 radical (unpaired) electrons. The Labute approximate surface area is 159 Å². The van der Waals surface area contributed by atoms with Crippen LogP contribution in [-0.4, -0.2) is 39.5 Å². The van der Waals surface area contributed by atoms with Crippen LogP contribution in [0.3, 0.4) is 0 Å². The zero-order chi connectivity index (χ0) is 20.1. The Morgan fingerprint density at radius 1 is 1.33 bits per heavy atom. The van der Waals surface area contributed by atoms with Crippen molar-refractivity contribution in [2.45, 2.75) is 64.8 Å². The van der Waals surface area contributed by atoms with E-state index >= 15 is 0 Å². The molecule has 1 aliphatic carbocycles. The normalized spacial score (nSPS) is 21.5. The Balaban J connectivity index is 2.27. The fourth-order valence-corrected chi connectivity index (χ4v) is 3.67. The van der Waals surface area contributed by atoms with Gasteiger partial charge in [-0.2, -0.15) is 0 Å². The number of aliphatic carboxylic acids is 1. The van der Waals surface area contributed by atoms with E-state index in [4.69, 9.17) is 9.84 Å². The molecule has 0 fully saturated rings. The fraction of sp³-hybridized carbons (Fsp3) is 0.524. The van der Waals surface area contributed by atoms with Gasteiger partial charge in [0.25, 0.3) is 0 Å². The molecule has 0 amide bonds. The van der Waals surface area contributed by atoms with Crippen LogP contribution in [0, 0.1) is 12.8 Å². The van der Waals surface area contributed by atoms with E-state index in [0.29, 0.717) is 5.92 Å². The molecule has 4 atom stereocenters. The lowest BCUT2D eigenvalue weighted by atomic mass is 9.79. The van der Waals surface area contributed by atoms with Crippen LogP contribution in [-0.2, 0) is 20.7 Å². The van der Waals surface area contributed by atoms with Crippen molar-refractivity contribution in [1.82, 2.24) is 0 Å². The molecule has 0 bridgehead atoms. The van der Waals surface area contributed by atoms with Gasteiger partial charge in [-0.25, -0.2) is 0 Å². The third kappa shape index (κ3) is 5.91. The molecule has 6 heteroatoms. The van der Waals surface area contributed by atoms with E-state index < -0.39 is 24.6 Å². The highest BCUT2D eigenvalue weighted by Gasteiger charge is 2.29. The highest BCUT2D eigenvalue weighted by molar-refractivity contribution is 5.68. The predicted molar refractivity (Wildman–Crippen MR) is 101 cm³/mol. The number of esters is 1. The highest BCUT2D eigenvalue weighted by atomic mass is 16.5. The summed E-state index contributed by atoms with van der Waals surface area (Å²) in [5.41, 5.74) is 4.00. The van der Waals surface area contributed by atoms with Crippen molar-refractivity contribution in [2.24, 2.45) is 5.92 Å². The molecule has 0 saturated heterocycles. The zero-order valence-corrected chi connectivity index (χ0v) is 16.0. The molecule has 0 aliphatic heterocycles. The molecule has 0 spiro atoms. The number of carbonyl (C=O) groups excluding carboxylic acids is 1. The fourth-order valence-electron chi connectivity index (χ4n) is 3.67. The van der Waals surface area contributed by atoms with Crippen molar-refractivity contribution in [1.29, 1.82) is 0 Å². The Morgan fingerprint density at radius 3 is 2.67 bits per heavy atom. The van der Waals surface area contributed by atoms with Crippen molar-refractivity contribution in [3.63, 3.8) is 0 Å². The third-order valence-corrected chi connectivity index (χ3v) is 4.82. The first-order chi connectivity index (χ1) is 12.7. The minimum atomic E-state index is -1.11. The summed E-state index contributed by atoms with van der Waals surface area (Å²) < 4.78 is 5.56. The number of carboxylic acids is 1. The van der Waals surface area contributed by atoms with Crippen LogP contribution >= 0.6 is 0 Å². The number of fused-ring (bicyclic) bond motifs is 1. The lowest BCUT2D eigenvalue weighted by Gasteiger charge is -2.31. The van der Waals surface area contributed by atoms with E-state index in [0.717, 1.165) is 35.1 Å². The summed E-state index contributed by atoms with van der Waals surface area (Å²) in [6, 6.07) is 4.06. The number of aryl methyl sites for hydroxylation is 1. The summed E-state index contributed by atoms with van der Waals surface area (Å²) in [5.74, 6) is -1.03. The average Bonchev–Trinajstić information content (AvgIpc) is 2.52. The molecule has 1 aromatic rings. The van der Waals surface area contributed by atoms with Crippen molar-refractivity contribution in [2.75, 3.05) is 0 Å². The van der Waals surface area contributed by atoms with E-state index in [1.54, 1.807) is 12.2 Å². The van der Waals surface area contributed by atoms with Gasteiger partial charge in [0.1, 0.15) is 6.10 Å². The molecule has 6 nitrogen and oxygen atoms in total. The van der Waals surface area contributed by atoms with Gasteiger partial charge in [-0.3, -0.25) is 9.59 Å². The molecule has 1 aromatic carbocycles. The van der Waals surface area contributed by atoms with E-state index in [1.165, 1.54) is 6.92 Å². The SMILES string of the molecule is CC(=O)O[C@H]1C[C@H](C)Cc2ccc(C)c(/C=C/[C@@H](O)C[C@@H](O)CC(=O)O)c21. The summed E-state index contributed by atoms with van der Waals surface area (Å²) in [6.07, 6.45) is 2.11. The quantitative estimate of drug-likeness (QED) is 0.632. The maximum absolute atomic E-state index is 11.5. The lowest BCUT2D eigenvalue weighted by Crippen LogP contribution is -2.22. The molecular weight excluding hydrogens is 348 g/mol. The minimum Gasteiger partial charge on any atom is -0.481 e. The van der Waals surface area contributed by atoms with Gasteiger partial charge in [-0.1, -0.05) is 31.2 Å². The Bertz CT molecular complexity index is 724. The number of hydrogen-bond donors (Lipinski definition) is 3. The molecule has 27 heavy (non-hydrogen) atoms. The number of rotatable bonds is 7. The average molecular weight is 376 g/mol. The van der Waals surface area contributed by atoms with E-state index in [9.17, 15) is 19.8 Å². The molecule has 148 valence electrons. The smallest absolute Gasteiger partial charge is 0.305 e. The Hall–Kier alpha value is -2.18. The second kappa shape index (κ2) is 9.15. The van der Waals surface area contributed by atoms with E-state index in [1.807, 2.05) is 13.0 Å². The first kappa shape index (κ1) is 21.1. The Kier molecular flexibility index (Phi) is 7.16. The highest BCUT2D eigenvalue weighted by Crippen LogP contribution is 2.39. The van der Waals surface area contributed by atoms with Crippen molar-refractivity contribution >= 4 is 18.0 Å². The minimum absolute atomic E-state index is 0.0543. The van der Waals surface area contributed by atoms with Gasteiger partial charge in [-0.15, -0.1) is 0 Å². The van der Waals surface area contributed by atoms with Gasteiger partial charge in [-0.05, 0) is 42.4 Å². The number of ether oxygens (including phenoxy) is 1. The maximum atomic E-state index is 11.5. The number of aliphatic hydroxyl groups is 2. The summed E-state index contributed by atoms with van der Waals surface area (Å²) >= 11 is 0. The van der Waals surface area contributed by atoms with Crippen LogP contribution in [0.25, 0.3) is 6.08 Å². The molecule has 3 N–H and O–H groups in total. The molecule has 0 saturated carbocycles. The van der Waals surface area contributed by atoms with Gasteiger partial charge in [0, 0.05) is 18.9 Å². The predicted octanol–water partition coefficient (Wildman–Crippen LogP) is 2.78. The van der Waals surface area contributed by atoms with Crippen molar-refractivity contribution in [3.8, 4) is 0 Å². The first-order valence-electron chi connectivity index (χ1n) is 9.23. The largest absolute Gasteiger partial charge is 0.481 e. The molecule has 1 aliphatic rings. The second-order valence-electron chi connectivity index (χ2n) is 7.43. The van der Waals surface area contributed by atoms with E-state index in [2.05, 4.69) is 13.0 Å². The number of hydrogen-bond acceptors (Lipinski definition) is 5.